The van der Waals surface area contributed by atoms with Crippen LogP contribution >= 0.6 is 0 Å². The van der Waals surface area contributed by atoms with Crippen LogP contribution in [0.15, 0.2) is 42.6 Å². The fraction of sp³-hybridized carbons (Fsp3) is 0.250. The highest BCUT2D eigenvalue weighted by Gasteiger charge is 2.23. The molecule has 0 fully saturated rings. The van der Waals surface area contributed by atoms with E-state index in [4.69, 9.17) is 5.73 Å². The van der Waals surface area contributed by atoms with Gasteiger partial charge in [0, 0.05) is 17.6 Å². The lowest BCUT2D eigenvalue weighted by Gasteiger charge is -2.14. The summed E-state index contributed by atoms with van der Waals surface area (Å²) in [7, 11) is 0. The molecule has 1 amide bonds. The molecule has 1 aliphatic carbocycles. The summed E-state index contributed by atoms with van der Waals surface area (Å²) in [6, 6.07) is 11.6. The van der Waals surface area contributed by atoms with Gasteiger partial charge in [0.2, 0.25) is 5.91 Å². The second kappa shape index (κ2) is 5.33. The number of nitrogens with one attached hydrogen (secondary N) is 1. The number of anilines is 1. The molecule has 4 heteroatoms. The first-order valence-corrected chi connectivity index (χ1v) is 6.80. The van der Waals surface area contributed by atoms with E-state index < -0.39 is 0 Å². The molecule has 0 saturated heterocycles. The number of nitrogens with zero attached hydrogens (tertiary/aromatic N) is 1. The summed E-state index contributed by atoms with van der Waals surface area (Å²) >= 11 is 0. The number of benzene rings is 1. The third-order valence-electron chi connectivity index (χ3n) is 3.65. The number of hydrogen-bond acceptors (Lipinski definition) is 3. The van der Waals surface area contributed by atoms with E-state index in [-0.39, 0.29) is 11.9 Å². The molecule has 0 radical (unpaired) electrons. The molecular formula is C16H17N3O. The molecule has 20 heavy (non-hydrogen) atoms. The van der Waals surface area contributed by atoms with Gasteiger partial charge < -0.3 is 11.1 Å². The number of aromatic nitrogens is 1. The van der Waals surface area contributed by atoms with Crippen LogP contribution in [0.25, 0.3) is 0 Å². The highest BCUT2D eigenvalue weighted by Crippen LogP contribution is 2.32. The summed E-state index contributed by atoms with van der Waals surface area (Å²) in [6.45, 7) is 0. The number of rotatable bonds is 3. The standard InChI is InChI=1S/C16H17N3O/c17-12-5-6-14-11(9-12)4-7-15(14)19-16(20)10-13-3-1-2-8-18-13/h1-3,5-6,8-9,15H,4,7,10,17H2,(H,19,20). The van der Waals surface area contributed by atoms with Crippen molar-refractivity contribution in [2.45, 2.75) is 25.3 Å². The zero-order valence-corrected chi connectivity index (χ0v) is 11.2. The van der Waals surface area contributed by atoms with E-state index in [0.717, 1.165) is 24.2 Å². The molecule has 1 heterocycles. The normalized spacial score (nSPS) is 16.7. The predicted molar refractivity (Wildman–Crippen MR) is 78.0 cm³/mol. The van der Waals surface area contributed by atoms with Crippen molar-refractivity contribution < 1.29 is 4.79 Å². The molecule has 1 atom stereocenters. The van der Waals surface area contributed by atoms with Crippen LogP contribution < -0.4 is 11.1 Å². The Hall–Kier alpha value is -2.36. The van der Waals surface area contributed by atoms with E-state index in [1.807, 2.05) is 36.4 Å². The van der Waals surface area contributed by atoms with Crippen LogP contribution in [0, 0.1) is 0 Å². The van der Waals surface area contributed by atoms with Crippen molar-refractivity contribution >= 4 is 11.6 Å². The minimum Gasteiger partial charge on any atom is -0.399 e. The zero-order valence-electron chi connectivity index (χ0n) is 11.2. The van der Waals surface area contributed by atoms with Gasteiger partial charge >= 0.3 is 0 Å². The van der Waals surface area contributed by atoms with Gasteiger partial charge in [-0.2, -0.15) is 0 Å². The van der Waals surface area contributed by atoms with Gasteiger partial charge in [-0.25, -0.2) is 0 Å². The molecule has 4 nitrogen and oxygen atoms in total. The van der Waals surface area contributed by atoms with Crippen LogP contribution in [0.4, 0.5) is 5.69 Å². The molecule has 1 aromatic heterocycles. The predicted octanol–water partition coefficient (Wildman–Crippen LogP) is 2.01. The van der Waals surface area contributed by atoms with Gasteiger partial charge in [-0.3, -0.25) is 9.78 Å². The molecule has 102 valence electrons. The Bertz CT molecular complexity index is 625. The van der Waals surface area contributed by atoms with E-state index in [0.29, 0.717) is 6.42 Å². The zero-order chi connectivity index (χ0) is 13.9. The molecule has 2 aromatic rings. The summed E-state index contributed by atoms with van der Waals surface area (Å²) in [5.74, 6) is 0.0124. The Morgan fingerprint density at radius 3 is 3.05 bits per heavy atom. The summed E-state index contributed by atoms with van der Waals surface area (Å²) in [5, 5.41) is 3.08. The SMILES string of the molecule is Nc1ccc2c(c1)CCC2NC(=O)Cc1ccccn1. The first-order valence-electron chi connectivity index (χ1n) is 6.80. The molecule has 3 N–H and O–H groups in total. The molecule has 0 bridgehead atoms. The average molecular weight is 267 g/mol. The number of carbonyl (C=O) groups excluding carboxylic acids is 1. The van der Waals surface area contributed by atoms with Gasteiger partial charge in [-0.1, -0.05) is 12.1 Å². The van der Waals surface area contributed by atoms with Gasteiger partial charge in [-0.05, 0) is 48.2 Å². The summed E-state index contributed by atoms with van der Waals surface area (Å²) < 4.78 is 0. The summed E-state index contributed by atoms with van der Waals surface area (Å²) in [6.07, 6.45) is 3.93. The average Bonchev–Trinajstić information content (AvgIpc) is 2.82. The third kappa shape index (κ3) is 2.64. The molecule has 1 aromatic carbocycles. The number of nitrogens with two attached hydrogens (primary N) is 1. The largest absolute Gasteiger partial charge is 0.399 e. The van der Waals surface area contributed by atoms with Gasteiger partial charge in [0.25, 0.3) is 0 Å². The topological polar surface area (TPSA) is 68.0 Å². The van der Waals surface area contributed by atoms with E-state index in [1.165, 1.54) is 11.1 Å². The number of carbonyl (C=O) groups is 1. The molecule has 0 spiro atoms. The second-order valence-electron chi connectivity index (χ2n) is 5.11. The smallest absolute Gasteiger partial charge is 0.226 e. The maximum atomic E-state index is 12.1. The van der Waals surface area contributed by atoms with Gasteiger partial charge in [0.05, 0.1) is 12.5 Å². The summed E-state index contributed by atoms with van der Waals surface area (Å²) in [5.41, 5.74) is 9.79. The quantitative estimate of drug-likeness (QED) is 0.836. The third-order valence-corrected chi connectivity index (χ3v) is 3.65. The molecular weight excluding hydrogens is 250 g/mol. The Morgan fingerprint density at radius 2 is 2.25 bits per heavy atom. The highest BCUT2D eigenvalue weighted by atomic mass is 16.1. The number of nitrogen functional groups attached to an aromatic ring is 1. The van der Waals surface area contributed by atoms with E-state index in [1.54, 1.807) is 6.20 Å². The van der Waals surface area contributed by atoms with Crippen molar-refractivity contribution in [2.75, 3.05) is 5.73 Å². The van der Waals surface area contributed by atoms with Gasteiger partial charge in [-0.15, -0.1) is 0 Å². The van der Waals surface area contributed by atoms with Crippen LogP contribution in [-0.4, -0.2) is 10.9 Å². The van der Waals surface area contributed by atoms with Crippen molar-refractivity contribution in [3.05, 3.63) is 59.4 Å². The number of hydrogen-bond donors (Lipinski definition) is 2. The van der Waals surface area contributed by atoms with Crippen LogP contribution in [0.5, 0.6) is 0 Å². The minimum atomic E-state index is 0.0124. The fourth-order valence-electron chi connectivity index (χ4n) is 2.70. The van der Waals surface area contributed by atoms with E-state index in [9.17, 15) is 4.79 Å². The Labute approximate surface area is 118 Å². The van der Waals surface area contributed by atoms with Crippen molar-refractivity contribution in [3.8, 4) is 0 Å². The lowest BCUT2D eigenvalue weighted by molar-refractivity contribution is -0.121. The Morgan fingerprint density at radius 1 is 1.35 bits per heavy atom. The Kier molecular flexibility index (Phi) is 3.37. The number of amides is 1. The van der Waals surface area contributed by atoms with Crippen LogP contribution in [0.3, 0.4) is 0 Å². The molecule has 1 unspecified atom stereocenters. The molecule has 0 saturated carbocycles. The fourth-order valence-corrected chi connectivity index (χ4v) is 2.70. The van der Waals surface area contributed by atoms with Crippen molar-refractivity contribution in [3.63, 3.8) is 0 Å². The lowest BCUT2D eigenvalue weighted by atomic mass is 10.1. The molecule has 1 aliphatic rings. The second-order valence-corrected chi connectivity index (χ2v) is 5.11. The van der Waals surface area contributed by atoms with Crippen LogP contribution in [-0.2, 0) is 17.6 Å². The first-order chi connectivity index (χ1) is 9.72. The number of pyridine rings is 1. The van der Waals surface area contributed by atoms with Crippen molar-refractivity contribution in [1.82, 2.24) is 10.3 Å². The van der Waals surface area contributed by atoms with Gasteiger partial charge in [0.15, 0.2) is 0 Å². The number of fused-ring (bicyclic) bond motifs is 1. The molecule has 3 rings (SSSR count). The van der Waals surface area contributed by atoms with Gasteiger partial charge in [0.1, 0.15) is 0 Å². The monoisotopic (exact) mass is 267 g/mol. The van der Waals surface area contributed by atoms with Crippen molar-refractivity contribution in [2.24, 2.45) is 0 Å². The van der Waals surface area contributed by atoms with Crippen molar-refractivity contribution in [1.29, 1.82) is 0 Å². The van der Waals surface area contributed by atoms with Crippen LogP contribution in [0.1, 0.15) is 29.3 Å². The van der Waals surface area contributed by atoms with E-state index in [2.05, 4.69) is 10.3 Å². The molecule has 0 aliphatic heterocycles. The number of aryl methyl sites for hydroxylation is 1. The van der Waals surface area contributed by atoms with E-state index >= 15 is 0 Å². The maximum absolute atomic E-state index is 12.1. The first kappa shape index (κ1) is 12.7. The maximum Gasteiger partial charge on any atom is 0.226 e. The Balaban J connectivity index is 1.67. The minimum absolute atomic E-state index is 0.0124. The van der Waals surface area contributed by atoms with Crippen LogP contribution in [0.2, 0.25) is 0 Å². The highest BCUT2D eigenvalue weighted by molar-refractivity contribution is 5.78. The lowest BCUT2D eigenvalue weighted by Crippen LogP contribution is -2.28. The summed E-state index contributed by atoms with van der Waals surface area (Å²) in [4.78, 5) is 16.2.